The predicted molar refractivity (Wildman–Crippen MR) is 51.5 cm³/mol. The second-order valence-corrected chi connectivity index (χ2v) is 3.69. The Morgan fingerprint density at radius 1 is 0.450 bits per heavy atom. The van der Waals surface area contributed by atoms with E-state index in [4.69, 9.17) is 0 Å². The van der Waals surface area contributed by atoms with Gasteiger partial charge in [-0.2, -0.15) is 0 Å². The van der Waals surface area contributed by atoms with Crippen LogP contribution in [-0.4, -0.2) is 0 Å². The summed E-state index contributed by atoms with van der Waals surface area (Å²) >= 11 is 0. The van der Waals surface area contributed by atoms with Gasteiger partial charge in [-0.25, -0.2) is 35.1 Å². The molecule has 0 amide bonds. The van der Waals surface area contributed by atoms with E-state index in [0.29, 0.717) is 0 Å². The van der Waals surface area contributed by atoms with Crippen LogP contribution in [0.15, 0.2) is 12.1 Å². The molecule has 0 aliphatic rings. The average Bonchev–Trinajstić information content (AvgIpc) is 2.37. The molecular weight excluding hydrogens is 296 g/mol. The van der Waals surface area contributed by atoms with E-state index in [1.54, 1.807) is 0 Å². The van der Waals surface area contributed by atoms with Gasteiger partial charge >= 0.3 is 0 Å². The molecule has 0 atom stereocenters. The van der Waals surface area contributed by atoms with Crippen molar-refractivity contribution in [2.75, 3.05) is 0 Å². The van der Waals surface area contributed by atoms with Gasteiger partial charge in [-0.05, 0) is 0 Å². The molecule has 2 aromatic rings. The minimum atomic E-state index is -2.47. The Bertz CT molecular complexity index is 655. The molecule has 0 spiro atoms. The smallest absolute Gasteiger partial charge is 0.200 e. The van der Waals surface area contributed by atoms with Crippen LogP contribution in [0.25, 0.3) is 11.1 Å². The molecule has 2 aromatic carbocycles. The lowest BCUT2D eigenvalue weighted by Crippen LogP contribution is -2.06. The second-order valence-electron chi connectivity index (χ2n) is 3.69. The van der Waals surface area contributed by atoms with Gasteiger partial charge in [0, 0.05) is 12.1 Å². The second kappa shape index (κ2) is 4.77. The van der Waals surface area contributed by atoms with Crippen LogP contribution in [0.3, 0.4) is 0 Å². The average molecular weight is 298 g/mol. The van der Waals surface area contributed by atoms with Crippen molar-refractivity contribution in [2.45, 2.75) is 0 Å². The summed E-state index contributed by atoms with van der Waals surface area (Å²) in [4.78, 5) is 0. The summed E-state index contributed by atoms with van der Waals surface area (Å²) < 4.78 is 105. The maximum absolute atomic E-state index is 13.4. The first-order chi connectivity index (χ1) is 9.25. The van der Waals surface area contributed by atoms with Crippen LogP contribution in [0.4, 0.5) is 35.1 Å². The van der Waals surface area contributed by atoms with Crippen molar-refractivity contribution in [3.05, 3.63) is 58.7 Å². The van der Waals surface area contributed by atoms with Gasteiger partial charge in [-0.15, -0.1) is 0 Å². The molecule has 20 heavy (non-hydrogen) atoms. The monoisotopic (exact) mass is 298 g/mol. The van der Waals surface area contributed by atoms with Crippen LogP contribution in [-0.2, 0) is 0 Å². The number of benzene rings is 2. The van der Waals surface area contributed by atoms with E-state index >= 15 is 0 Å². The summed E-state index contributed by atoms with van der Waals surface area (Å²) in [6.45, 7) is 0. The lowest BCUT2D eigenvalue weighted by Gasteiger charge is -2.10. The van der Waals surface area contributed by atoms with E-state index in [1.165, 1.54) is 0 Å². The zero-order valence-corrected chi connectivity index (χ0v) is 9.18. The van der Waals surface area contributed by atoms with Crippen LogP contribution in [0, 0.1) is 46.5 Å². The largest absolute Gasteiger partial charge is 0.207 e. The summed E-state index contributed by atoms with van der Waals surface area (Å²) in [7, 11) is 0. The van der Waals surface area contributed by atoms with Crippen molar-refractivity contribution in [2.24, 2.45) is 0 Å². The van der Waals surface area contributed by atoms with Crippen LogP contribution >= 0.6 is 0 Å². The molecule has 0 radical (unpaired) electrons. The SMILES string of the molecule is Fc1cc(F)c(-c2c(F)c(F)c(F)c(F)c2F)c(F)c1. The first kappa shape index (κ1) is 14.3. The summed E-state index contributed by atoms with van der Waals surface area (Å²) in [5, 5.41) is 0. The molecule has 8 heteroatoms. The van der Waals surface area contributed by atoms with Gasteiger partial charge in [0.2, 0.25) is 5.82 Å². The fourth-order valence-electron chi connectivity index (χ4n) is 1.61. The fourth-order valence-corrected chi connectivity index (χ4v) is 1.61. The first-order valence-electron chi connectivity index (χ1n) is 4.92. The topological polar surface area (TPSA) is 0 Å². The molecule has 0 fully saturated rings. The Morgan fingerprint density at radius 3 is 1.20 bits per heavy atom. The van der Waals surface area contributed by atoms with Crippen molar-refractivity contribution >= 4 is 0 Å². The molecule has 0 bridgehead atoms. The lowest BCUT2D eigenvalue weighted by atomic mass is 10.0. The summed E-state index contributed by atoms with van der Waals surface area (Å²) in [5.74, 6) is -17.0. The van der Waals surface area contributed by atoms with Gasteiger partial charge < -0.3 is 0 Å². The standard InChI is InChI=1S/C12H2F8/c13-3-1-4(14)6(5(15)2-3)7-8(16)10(18)12(20)11(19)9(7)17/h1-2H. The highest BCUT2D eigenvalue weighted by molar-refractivity contribution is 5.66. The highest BCUT2D eigenvalue weighted by Gasteiger charge is 2.30. The normalized spacial score (nSPS) is 11.0. The van der Waals surface area contributed by atoms with E-state index < -0.39 is 57.7 Å². The molecule has 106 valence electrons. The van der Waals surface area contributed by atoms with E-state index in [-0.39, 0.29) is 12.1 Å². The molecule has 0 N–H and O–H groups in total. The third kappa shape index (κ3) is 2.00. The van der Waals surface area contributed by atoms with Crippen molar-refractivity contribution < 1.29 is 35.1 Å². The maximum Gasteiger partial charge on any atom is 0.200 e. The minimum Gasteiger partial charge on any atom is -0.207 e. The molecule has 0 aromatic heterocycles. The molecule has 0 saturated heterocycles. The third-order valence-corrected chi connectivity index (χ3v) is 2.47. The van der Waals surface area contributed by atoms with Gasteiger partial charge in [0.25, 0.3) is 0 Å². The lowest BCUT2D eigenvalue weighted by molar-refractivity contribution is 0.380. The van der Waals surface area contributed by atoms with Crippen LogP contribution in [0.2, 0.25) is 0 Å². The number of rotatable bonds is 1. The van der Waals surface area contributed by atoms with Crippen molar-refractivity contribution in [3.8, 4) is 11.1 Å². The summed E-state index contributed by atoms with van der Waals surface area (Å²) in [6, 6.07) is 0.104. The van der Waals surface area contributed by atoms with Crippen molar-refractivity contribution in [1.82, 2.24) is 0 Å². The number of hydrogen-bond acceptors (Lipinski definition) is 0. The Balaban J connectivity index is 2.91. The zero-order chi connectivity index (χ0) is 15.2. The molecule has 0 nitrogen and oxygen atoms in total. The third-order valence-electron chi connectivity index (χ3n) is 2.47. The summed E-state index contributed by atoms with van der Waals surface area (Å²) in [6.07, 6.45) is 0. The Morgan fingerprint density at radius 2 is 0.800 bits per heavy atom. The van der Waals surface area contributed by atoms with Crippen LogP contribution in [0.1, 0.15) is 0 Å². The van der Waals surface area contributed by atoms with E-state index in [0.717, 1.165) is 0 Å². The highest BCUT2D eigenvalue weighted by Crippen LogP contribution is 2.34. The summed E-state index contributed by atoms with van der Waals surface area (Å²) in [5.41, 5.74) is -3.34. The van der Waals surface area contributed by atoms with E-state index in [1.807, 2.05) is 0 Å². The Kier molecular flexibility index (Phi) is 3.41. The molecule has 0 unspecified atom stereocenters. The van der Waals surface area contributed by atoms with Crippen molar-refractivity contribution in [3.63, 3.8) is 0 Å². The van der Waals surface area contributed by atoms with Crippen molar-refractivity contribution in [1.29, 1.82) is 0 Å². The molecule has 0 heterocycles. The van der Waals surface area contributed by atoms with Crippen LogP contribution in [0.5, 0.6) is 0 Å². The molecule has 0 aliphatic carbocycles. The van der Waals surface area contributed by atoms with Gasteiger partial charge in [-0.1, -0.05) is 0 Å². The first-order valence-corrected chi connectivity index (χ1v) is 4.92. The van der Waals surface area contributed by atoms with Gasteiger partial charge in [-0.3, -0.25) is 0 Å². The Labute approximate surface area is 106 Å². The fraction of sp³-hybridized carbons (Fsp3) is 0. The highest BCUT2D eigenvalue weighted by atomic mass is 19.2. The maximum atomic E-state index is 13.4. The van der Waals surface area contributed by atoms with Crippen LogP contribution < -0.4 is 0 Å². The predicted octanol–water partition coefficient (Wildman–Crippen LogP) is 4.47. The van der Waals surface area contributed by atoms with Gasteiger partial charge in [0.1, 0.15) is 17.5 Å². The molecule has 2 rings (SSSR count). The molecular formula is C12H2F8. The quantitative estimate of drug-likeness (QED) is 0.414. The molecule has 0 aliphatic heterocycles. The molecule has 0 saturated carbocycles. The zero-order valence-electron chi connectivity index (χ0n) is 9.18. The van der Waals surface area contributed by atoms with Gasteiger partial charge in [0.15, 0.2) is 23.3 Å². The minimum absolute atomic E-state index is 0.0520. The van der Waals surface area contributed by atoms with E-state index in [2.05, 4.69) is 0 Å². The number of halogens is 8. The number of hydrogen-bond donors (Lipinski definition) is 0. The van der Waals surface area contributed by atoms with E-state index in [9.17, 15) is 35.1 Å². The van der Waals surface area contributed by atoms with Gasteiger partial charge in [0.05, 0.1) is 11.1 Å². The Hall–Kier alpha value is -2.12.